The minimum Gasteiger partial charge on any atom is -0.368 e. The maximum absolute atomic E-state index is 12.6. The molecule has 0 unspecified atom stereocenters. The Balaban J connectivity index is 2.02. The van der Waals surface area contributed by atoms with E-state index >= 15 is 0 Å². The van der Waals surface area contributed by atoms with Gasteiger partial charge in [-0.2, -0.15) is 0 Å². The van der Waals surface area contributed by atoms with Crippen molar-refractivity contribution in [3.05, 3.63) is 33.8 Å². The van der Waals surface area contributed by atoms with E-state index in [2.05, 4.69) is 5.92 Å². The number of piperidine rings is 1. The molecular weight excluding hydrogens is 309 g/mol. The van der Waals surface area contributed by atoms with Gasteiger partial charge in [0, 0.05) is 24.0 Å². The van der Waals surface area contributed by atoms with E-state index in [0.29, 0.717) is 41.3 Å². The molecule has 1 aliphatic rings. The van der Waals surface area contributed by atoms with E-state index in [4.69, 9.17) is 34.4 Å². The second-order valence-corrected chi connectivity index (χ2v) is 5.95. The Hall–Kier alpha value is -1.21. The summed E-state index contributed by atoms with van der Waals surface area (Å²) in [6.07, 6.45) is 7.15. The van der Waals surface area contributed by atoms with Crippen LogP contribution in [0.5, 0.6) is 0 Å². The molecule has 1 aromatic carbocycles. The standard InChI is InChI=1S/C16H17Cl2NO2/c1-2-8-21-11-12-4-3-7-19(10-12)16(20)14-9-13(17)5-6-15(14)18/h1,5-6,9,12H,3-4,7-8,10-11H2/t12-/m0/s1. The number of halogens is 2. The van der Waals surface area contributed by atoms with Gasteiger partial charge in [-0.3, -0.25) is 4.79 Å². The number of rotatable bonds is 4. The Morgan fingerprint density at radius 1 is 1.48 bits per heavy atom. The molecule has 1 atom stereocenters. The maximum Gasteiger partial charge on any atom is 0.255 e. The van der Waals surface area contributed by atoms with Crippen molar-refractivity contribution < 1.29 is 9.53 Å². The van der Waals surface area contributed by atoms with E-state index in [1.807, 2.05) is 4.90 Å². The molecule has 0 N–H and O–H groups in total. The molecule has 1 heterocycles. The van der Waals surface area contributed by atoms with Crippen molar-refractivity contribution in [3.63, 3.8) is 0 Å². The molecule has 0 aromatic heterocycles. The Kier molecular flexibility index (Phi) is 5.93. The van der Waals surface area contributed by atoms with Gasteiger partial charge in [0.25, 0.3) is 5.91 Å². The van der Waals surface area contributed by atoms with Gasteiger partial charge in [0.1, 0.15) is 6.61 Å². The summed E-state index contributed by atoms with van der Waals surface area (Å²) in [5, 5.41) is 0.934. The molecule has 0 bridgehead atoms. The molecule has 1 aromatic rings. The zero-order chi connectivity index (χ0) is 15.2. The quantitative estimate of drug-likeness (QED) is 0.626. The largest absolute Gasteiger partial charge is 0.368 e. The Morgan fingerprint density at radius 3 is 3.05 bits per heavy atom. The van der Waals surface area contributed by atoms with Gasteiger partial charge in [0.05, 0.1) is 17.2 Å². The predicted octanol–water partition coefficient (Wildman–Crippen LogP) is 3.50. The molecule has 3 nitrogen and oxygen atoms in total. The van der Waals surface area contributed by atoms with Gasteiger partial charge in [-0.25, -0.2) is 0 Å². The number of terminal acetylenes is 1. The van der Waals surface area contributed by atoms with E-state index in [9.17, 15) is 4.79 Å². The first kappa shape index (κ1) is 16.2. The van der Waals surface area contributed by atoms with Crippen molar-refractivity contribution in [2.45, 2.75) is 12.8 Å². The highest BCUT2D eigenvalue weighted by molar-refractivity contribution is 6.35. The van der Waals surface area contributed by atoms with Crippen LogP contribution in [0.15, 0.2) is 18.2 Å². The average Bonchev–Trinajstić information content (AvgIpc) is 2.49. The number of ether oxygens (including phenoxy) is 1. The predicted molar refractivity (Wildman–Crippen MR) is 84.7 cm³/mol. The molecule has 112 valence electrons. The molecule has 0 saturated carbocycles. The fourth-order valence-electron chi connectivity index (χ4n) is 2.50. The third-order valence-electron chi connectivity index (χ3n) is 3.50. The molecule has 2 rings (SSSR count). The lowest BCUT2D eigenvalue weighted by Gasteiger charge is -2.32. The zero-order valence-corrected chi connectivity index (χ0v) is 13.2. The van der Waals surface area contributed by atoms with Crippen molar-refractivity contribution in [1.82, 2.24) is 4.90 Å². The van der Waals surface area contributed by atoms with Crippen LogP contribution < -0.4 is 0 Å². The molecule has 0 spiro atoms. The first-order chi connectivity index (χ1) is 10.1. The third-order valence-corrected chi connectivity index (χ3v) is 4.07. The summed E-state index contributed by atoms with van der Waals surface area (Å²) in [5.41, 5.74) is 0.453. The number of benzene rings is 1. The third kappa shape index (κ3) is 4.38. The fraction of sp³-hybridized carbons (Fsp3) is 0.438. The molecular formula is C16H17Cl2NO2. The summed E-state index contributed by atoms with van der Waals surface area (Å²) in [4.78, 5) is 14.4. The molecule has 5 heteroatoms. The van der Waals surface area contributed by atoms with Crippen LogP contribution in [0.2, 0.25) is 10.0 Å². The number of amides is 1. The summed E-state index contributed by atoms with van der Waals surface area (Å²) in [5.74, 6) is 2.68. The van der Waals surface area contributed by atoms with Crippen LogP contribution in [-0.2, 0) is 4.74 Å². The van der Waals surface area contributed by atoms with Crippen LogP contribution in [0.3, 0.4) is 0 Å². The number of hydrogen-bond acceptors (Lipinski definition) is 2. The van der Waals surface area contributed by atoms with Gasteiger partial charge >= 0.3 is 0 Å². The van der Waals surface area contributed by atoms with Crippen molar-refractivity contribution in [1.29, 1.82) is 0 Å². The molecule has 1 fully saturated rings. The highest BCUT2D eigenvalue weighted by atomic mass is 35.5. The second kappa shape index (κ2) is 7.70. The molecule has 0 radical (unpaired) electrons. The number of likely N-dealkylation sites (tertiary alicyclic amines) is 1. The number of nitrogens with zero attached hydrogens (tertiary/aromatic N) is 1. The van der Waals surface area contributed by atoms with E-state index in [-0.39, 0.29) is 5.91 Å². The van der Waals surface area contributed by atoms with Crippen LogP contribution >= 0.6 is 23.2 Å². The minimum atomic E-state index is -0.0795. The molecule has 21 heavy (non-hydrogen) atoms. The number of carbonyl (C=O) groups is 1. The maximum atomic E-state index is 12.6. The average molecular weight is 326 g/mol. The summed E-state index contributed by atoms with van der Waals surface area (Å²) in [6, 6.07) is 4.94. The summed E-state index contributed by atoms with van der Waals surface area (Å²) in [6.45, 7) is 2.28. The number of hydrogen-bond donors (Lipinski definition) is 0. The Labute approximate surface area is 135 Å². The Bertz CT molecular complexity index is 554. The topological polar surface area (TPSA) is 29.5 Å². The lowest BCUT2D eigenvalue weighted by atomic mass is 9.98. The van der Waals surface area contributed by atoms with Crippen molar-refractivity contribution in [2.24, 2.45) is 5.92 Å². The van der Waals surface area contributed by atoms with Crippen molar-refractivity contribution in [2.75, 3.05) is 26.3 Å². The first-order valence-electron chi connectivity index (χ1n) is 6.87. The van der Waals surface area contributed by atoms with E-state index in [1.54, 1.807) is 18.2 Å². The smallest absolute Gasteiger partial charge is 0.255 e. The van der Waals surface area contributed by atoms with Gasteiger partial charge in [-0.1, -0.05) is 29.1 Å². The van der Waals surface area contributed by atoms with Crippen LogP contribution in [0.4, 0.5) is 0 Å². The van der Waals surface area contributed by atoms with Crippen molar-refractivity contribution >= 4 is 29.1 Å². The van der Waals surface area contributed by atoms with E-state index < -0.39 is 0 Å². The van der Waals surface area contributed by atoms with E-state index in [1.165, 1.54) is 0 Å². The van der Waals surface area contributed by atoms with Crippen LogP contribution in [0, 0.1) is 18.3 Å². The zero-order valence-electron chi connectivity index (χ0n) is 11.6. The Morgan fingerprint density at radius 2 is 2.29 bits per heavy atom. The van der Waals surface area contributed by atoms with Gasteiger partial charge < -0.3 is 9.64 Å². The normalized spacial score (nSPS) is 18.3. The minimum absolute atomic E-state index is 0.0795. The highest BCUT2D eigenvalue weighted by Crippen LogP contribution is 2.25. The van der Waals surface area contributed by atoms with Gasteiger partial charge in [-0.15, -0.1) is 6.42 Å². The van der Waals surface area contributed by atoms with Gasteiger partial charge in [-0.05, 0) is 31.0 Å². The molecule has 1 amide bonds. The number of carbonyl (C=O) groups excluding carboxylic acids is 1. The van der Waals surface area contributed by atoms with Gasteiger partial charge in [0.15, 0.2) is 0 Å². The van der Waals surface area contributed by atoms with Crippen LogP contribution in [-0.4, -0.2) is 37.1 Å². The molecule has 0 aliphatic carbocycles. The first-order valence-corrected chi connectivity index (χ1v) is 7.63. The highest BCUT2D eigenvalue weighted by Gasteiger charge is 2.25. The van der Waals surface area contributed by atoms with Crippen LogP contribution in [0.1, 0.15) is 23.2 Å². The monoisotopic (exact) mass is 325 g/mol. The second-order valence-electron chi connectivity index (χ2n) is 5.10. The van der Waals surface area contributed by atoms with Gasteiger partial charge in [0.2, 0.25) is 0 Å². The van der Waals surface area contributed by atoms with Crippen molar-refractivity contribution in [3.8, 4) is 12.3 Å². The van der Waals surface area contributed by atoms with E-state index in [0.717, 1.165) is 19.4 Å². The molecule has 1 saturated heterocycles. The summed E-state index contributed by atoms with van der Waals surface area (Å²) >= 11 is 12.0. The summed E-state index contributed by atoms with van der Waals surface area (Å²) < 4.78 is 5.38. The summed E-state index contributed by atoms with van der Waals surface area (Å²) in [7, 11) is 0. The van der Waals surface area contributed by atoms with Crippen LogP contribution in [0.25, 0.3) is 0 Å². The molecule has 1 aliphatic heterocycles. The lowest BCUT2D eigenvalue weighted by molar-refractivity contribution is 0.0534. The SMILES string of the molecule is C#CCOC[C@H]1CCCN(C(=O)c2cc(Cl)ccc2Cl)C1. The lowest BCUT2D eigenvalue weighted by Crippen LogP contribution is -2.41. The fourth-order valence-corrected chi connectivity index (χ4v) is 2.87.